The minimum absolute atomic E-state index is 0.0675. The molecule has 19 heavy (non-hydrogen) atoms. The average molecular weight is 269 g/mol. The summed E-state index contributed by atoms with van der Waals surface area (Å²) in [6.45, 7) is 2.03. The molecule has 1 aromatic rings. The highest BCUT2D eigenvalue weighted by Crippen LogP contribution is 2.42. The smallest absolute Gasteiger partial charge is 0.127 e. The third kappa shape index (κ3) is 2.79. The molecule has 106 valence electrons. The number of aliphatic hydroxyl groups excluding tert-OH is 1. The van der Waals surface area contributed by atoms with E-state index in [2.05, 4.69) is 5.32 Å². The van der Waals surface area contributed by atoms with Crippen molar-refractivity contribution >= 4 is 0 Å². The zero-order valence-corrected chi connectivity index (χ0v) is 11.4. The van der Waals surface area contributed by atoms with Gasteiger partial charge in [-0.05, 0) is 61.4 Å². The molecule has 0 bridgehead atoms. The van der Waals surface area contributed by atoms with Gasteiger partial charge < -0.3 is 10.4 Å². The number of benzene rings is 1. The molecule has 1 aliphatic carbocycles. The molecule has 4 heteroatoms. The molecule has 3 atom stereocenters. The van der Waals surface area contributed by atoms with E-state index in [1.54, 1.807) is 0 Å². The Morgan fingerprint density at radius 1 is 1.42 bits per heavy atom. The molecule has 0 amide bonds. The normalized spacial score (nSPS) is 31.4. The number of aliphatic hydroxyl groups is 1. The van der Waals surface area contributed by atoms with Gasteiger partial charge in [0.25, 0.3) is 0 Å². The molecule has 1 fully saturated rings. The van der Waals surface area contributed by atoms with Crippen LogP contribution in [0, 0.1) is 17.6 Å². The summed E-state index contributed by atoms with van der Waals surface area (Å²) in [5, 5.41) is 12.7. The monoisotopic (exact) mass is 269 g/mol. The Kier molecular flexibility index (Phi) is 4.21. The Morgan fingerprint density at radius 3 is 2.79 bits per heavy atom. The van der Waals surface area contributed by atoms with Crippen molar-refractivity contribution in [2.45, 2.75) is 37.6 Å². The van der Waals surface area contributed by atoms with E-state index in [9.17, 15) is 13.9 Å². The van der Waals surface area contributed by atoms with Crippen molar-refractivity contribution in [2.24, 2.45) is 5.92 Å². The van der Waals surface area contributed by atoms with Crippen molar-refractivity contribution in [2.75, 3.05) is 13.7 Å². The van der Waals surface area contributed by atoms with Crippen LogP contribution >= 0.6 is 0 Å². The summed E-state index contributed by atoms with van der Waals surface area (Å²) in [4.78, 5) is 0. The van der Waals surface area contributed by atoms with Gasteiger partial charge in [-0.15, -0.1) is 0 Å². The maximum atomic E-state index is 14.0. The number of nitrogens with one attached hydrogen (secondary N) is 1. The van der Waals surface area contributed by atoms with E-state index in [1.807, 2.05) is 14.0 Å². The van der Waals surface area contributed by atoms with Gasteiger partial charge >= 0.3 is 0 Å². The van der Waals surface area contributed by atoms with Crippen molar-refractivity contribution in [1.29, 1.82) is 0 Å². The minimum Gasteiger partial charge on any atom is -0.396 e. The summed E-state index contributed by atoms with van der Waals surface area (Å²) < 4.78 is 27.3. The van der Waals surface area contributed by atoms with Crippen LogP contribution in [0.1, 0.15) is 31.7 Å². The van der Waals surface area contributed by atoms with E-state index in [4.69, 9.17) is 0 Å². The van der Waals surface area contributed by atoms with Gasteiger partial charge in [0.15, 0.2) is 0 Å². The zero-order chi connectivity index (χ0) is 14.0. The van der Waals surface area contributed by atoms with Gasteiger partial charge in [-0.2, -0.15) is 0 Å². The Labute approximate surface area is 112 Å². The van der Waals surface area contributed by atoms with Crippen molar-refractivity contribution in [1.82, 2.24) is 5.32 Å². The Hall–Kier alpha value is -1.00. The molecule has 0 spiro atoms. The first-order valence-corrected chi connectivity index (χ1v) is 6.74. The fraction of sp³-hybridized carbons (Fsp3) is 0.600. The van der Waals surface area contributed by atoms with Crippen molar-refractivity contribution in [3.8, 4) is 0 Å². The van der Waals surface area contributed by atoms with Crippen LogP contribution in [-0.2, 0) is 5.41 Å². The largest absolute Gasteiger partial charge is 0.396 e. The molecule has 3 unspecified atom stereocenters. The average Bonchev–Trinajstić information content (AvgIpc) is 2.41. The molecular weight excluding hydrogens is 248 g/mol. The topological polar surface area (TPSA) is 32.3 Å². The zero-order valence-electron chi connectivity index (χ0n) is 11.4. The van der Waals surface area contributed by atoms with Crippen LogP contribution in [0.15, 0.2) is 18.2 Å². The predicted molar refractivity (Wildman–Crippen MR) is 71.0 cm³/mol. The fourth-order valence-corrected chi connectivity index (χ4v) is 3.31. The van der Waals surface area contributed by atoms with Crippen molar-refractivity contribution in [3.05, 3.63) is 35.4 Å². The molecule has 1 saturated carbocycles. The number of halogens is 2. The second kappa shape index (κ2) is 5.55. The van der Waals surface area contributed by atoms with Gasteiger partial charge in [-0.3, -0.25) is 0 Å². The molecule has 1 aliphatic rings. The lowest BCUT2D eigenvalue weighted by atomic mass is 9.65. The lowest BCUT2D eigenvalue weighted by Gasteiger charge is -2.42. The highest BCUT2D eigenvalue weighted by molar-refractivity contribution is 5.28. The first-order chi connectivity index (χ1) is 9.00. The summed E-state index contributed by atoms with van der Waals surface area (Å²) in [7, 11) is 1.87. The van der Waals surface area contributed by atoms with Crippen LogP contribution in [0.5, 0.6) is 0 Å². The first-order valence-electron chi connectivity index (χ1n) is 6.74. The summed E-state index contributed by atoms with van der Waals surface area (Å²) >= 11 is 0. The number of hydrogen-bond donors (Lipinski definition) is 2. The molecule has 0 radical (unpaired) electrons. The number of rotatable bonds is 3. The molecular formula is C15H21F2NO. The fourth-order valence-electron chi connectivity index (χ4n) is 3.31. The maximum Gasteiger partial charge on any atom is 0.127 e. The standard InChI is InChI=1S/C15H21F2NO/c1-15(12-7-11(16)3-4-13(12)17)6-5-14(18-2)10(8-15)9-19/h3-4,7,10,14,18-19H,5-6,8-9H2,1-2H3. The molecule has 1 aromatic carbocycles. The van der Waals surface area contributed by atoms with E-state index in [0.717, 1.165) is 18.9 Å². The van der Waals surface area contributed by atoms with Gasteiger partial charge in [0.2, 0.25) is 0 Å². The summed E-state index contributed by atoms with van der Waals surface area (Å²) in [5.41, 5.74) is 0.0212. The maximum absolute atomic E-state index is 14.0. The van der Waals surface area contributed by atoms with E-state index < -0.39 is 11.2 Å². The van der Waals surface area contributed by atoms with Gasteiger partial charge in [-0.1, -0.05) is 6.92 Å². The van der Waals surface area contributed by atoms with Crippen molar-refractivity contribution in [3.63, 3.8) is 0 Å². The van der Waals surface area contributed by atoms with Crippen LogP contribution in [0.4, 0.5) is 8.78 Å². The first kappa shape index (κ1) is 14.4. The van der Waals surface area contributed by atoms with Gasteiger partial charge in [0.1, 0.15) is 11.6 Å². The molecule has 2 rings (SSSR count). The van der Waals surface area contributed by atoms with E-state index in [1.165, 1.54) is 12.1 Å². The van der Waals surface area contributed by atoms with Crippen LogP contribution in [0.2, 0.25) is 0 Å². The van der Waals surface area contributed by atoms with Gasteiger partial charge in [-0.25, -0.2) is 8.78 Å². The Morgan fingerprint density at radius 2 is 2.16 bits per heavy atom. The van der Waals surface area contributed by atoms with Gasteiger partial charge in [0, 0.05) is 12.6 Å². The molecule has 0 saturated heterocycles. The Bertz CT molecular complexity index is 452. The lowest BCUT2D eigenvalue weighted by molar-refractivity contribution is 0.115. The lowest BCUT2D eigenvalue weighted by Crippen LogP contribution is -2.45. The van der Waals surface area contributed by atoms with Crippen LogP contribution in [-0.4, -0.2) is 24.8 Å². The third-order valence-electron chi connectivity index (χ3n) is 4.47. The van der Waals surface area contributed by atoms with Crippen LogP contribution < -0.4 is 5.32 Å². The second-order valence-corrected chi connectivity index (χ2v) is 5.77. The quantitative estimate of drug-likeness (QED) is 0.884. The molecule has 2 nitrogen and oxygen atoms in total. The predicted octanol–water partition coefficient (Wildman–Crippen LogP) is 2.60. The summed E-state index contributed by atoms with van der Waals surface area (Å²) in [5.74, 6) is -0.691. The third-order valence-corrected chi connectivity index (χ3v) is 4.47. The molecule has 0 aromatic heterocycles. The van der Waals surface area contributed by atoms with E-state index >= 15 is 0 Å². The molecule has 0 aliphatic heterocycles. The summed E-state index contributed by atoms with van der Waals surface area (Å²) in [6.07, 6.45) is 2.30. The SMILES string of the molecule is CNC1CCC(C)(c2cc(F)ccc2F)CC1CO. The summed E-state index contributed by atoms with van der Waals surface area (Å²) in [6, 6.07) is 3.87. The van der Waals surface area contributed by atoms with E-state index in [-0.39, 0.29) is 24.4 Å². The minimum atomic E-state index is -0.410. The number of hydrogen-bond acceptors (Lipinski definition) is 2. The molecule has 2 N–H and O–H groups in total. The van der Waals surface area contributed by atoms with Crippen LogP contribution in [0.3, 0.4) is 0 Å². The Balaban J connectivity index is 2.30. The highest BCUT2D eigenvalue weighted by atomic mass is 19.1. The second-order valence-electron chi connectivity index (χ2n) is 5.77. The van der Waals surface area contributed by atoms with Crippen LogP contribution in [0.25, 0.3) is 0 Å². The van der Waals surface area contributed by atoms with E-state index in [0.29, 0.717) is 12.0 Å². The van der Waals surface area contributed by atoms with Gasteiger partial charge in [0.05, 0.1) is 0 Å². The molecule has 0 heterocycles. The highest BCUT2D eigenvalue weighted by Gasteiger charge is 2.39. The van der Waals surface area contributed by atoms with Crippen molar-refractivity contribution < 1.29 is 13.9 Å².